The number of ether oxygens (including phenoxy) is 1. The average Bonchev–Trinajstić information content (AvgIpc) is 3.29. The fraction of sp³-hybridized carbons (Fsp3) is 0.682. The smallest absolute Gasteiger partial charge is 0.249 e. The largest absolute Gasteiger partial charge is 0.368 e. The maximum Gasteiger partial charge on any atom is 0.249 e. The maximum absolute atomic E-state index is 12.9. The van der Waals surface area contributed by atoms with Crippen molar-refractivity contribution in [2.75, 3.05) is 31.1 Å². The molecule has 4 fully saturated rings. The van der Waals surface area contributed by atoms with Crippen molar-refractivity contribution < 1.29 is 14.3 Å². The van der Waals surface area contributed by atoms with E-state index in [4.69, 9.17) is 4.74 Å². The lowest BCUT2D eigenvalue weighted by Crippen LogP contribution is -2.67. The highest BCUT2D eigenvalue weighted by atomic mass is 16.5. The first-order valence-corrected chi connectivity index (χ1v) is 11.1. The quantitative estimate of drug-likeness (QED) is 0.834. The Kier molecular flexibility index (Phi) is 5.16. The van der Waals surface area contributed by atoms with Gasteiger partial charge in [0.1, 0.15) is 11.9 Å². The molecule has 4 saturated heterocycles. The Morgan fingerprint density at radius 2 is 2.10 bits per heavy atom. The van der Waals surface area contributed by atoms with Crippen molar-refractivity contribution in [1.29, 1.82) is 0 Å². The van der Waals surface area contributed by atoms with Crippen LogP contribution in [0.2, 0.25) is 0 Å². The summed E-state index contributed by atoms with van der Waals surface area (Å²) < 4.78 is 5.53. The van der Waals surface area contributed by atoms with Gasteiger partial charge >= 0.3 is 0 Å². The van der Waals surface area contributed by atoms with Gasteiger partial charge in [-0.05, 0) is 56.1 Å². The molecule has 2 bridgehead atoms. The lowest BCUT2D eigenvalue weighted by Gasteiger charge is -2.56. The number of rotatable bonds is 4. The highest BCUT2D eigenvalue weighted by Gasteiger charge is 2.49. The number of carbonyl (C=O) groups excluding carboxylic acids is 2. The number of nitrogens with one attached hydrogen (secondary N) is 1. The summed E-state index contributed by atoms with van der Waals surface area (Å²) in [5, 5.41) is 3.11. The molecule has 7 nitrogen and oxygen atoms in total. The number of piperidine rings is 3. The lowest BCUT2D eigenvalue weighted by atomic mass is 9.72. The number of nitrogens with zero attached hydrogens (tertiary/aromatic N) is 3. The van der Waals surface area contributed by atoms with Crippen molar-refractivity contribution in [2.24, 2.45) is 11.8 Å². The molecule has 1 N–H and O–H groups in total. The van der Waals surface area contributed by atoms with Gasteiger partial charge in [-0.15, -0.1) is 0 Å². The summed E-state index contributed by atoms with van der Waals surface area (Å²) in [5.74, 6) is 2.07. The van der Waals surface area contributed by atoms with E-state index in [1.54, 1.807) is 0 Å². The van der Waals surface area contributed by atoms with Crippen LogP contribution in [-0.4, -0.2) is 66.1 Å². The van der Waals surface area contributed by atoms with Crippen molar-refractivity contribution in [3.8, 4) is 0 Å². The van der Waals surface area contributed by atoms with Gasteiger partial charge in [0.25, 0.3) is 0 Å². The van der Waals surface area contributed by atoms with Crippen LogP contribution in [0.1, 0.15) is 38.5 Å². The molecule has 1 aromatic heterocycles. The molecular weight excluding hydrogens is 368 g/mol. The topological polar surface area (TPSA) is 74.8 Å². The number of amides is 2. The third kappa shape index (κ3) is 3.61. The van der Waals surface area contributed by atoms with E-state index in [1.807, 2.05) is 18.3 Å². The Labute approximate surface area is 171 Å². The van der Waals surface area contributed by atoms with Crippen LogP contribution in [0.5, 0.6) is 0 Å². The lowest BCUT2D eigenvalue weighted by molar-refractivity contribution is -0.149. The van der Waals surface area contributed by atoms with Crippen molar-refractivity contribution in [3.63, 3.8) is 0 Å². The molecule has 4 aliphatic rings. The van der Waals surface area contributed by atoms with Crippen LogP contribution in [0.25, 0.3) is 0 Å². The summed E-state index contributed by atoms with van der Waals surface area (Å²) in [6.07, 6.45) is 7.05. The molecule has 156 valence electrons. The Balaban J connectivity index is 1.35. The van der Waals surface area contributed by atoms with Gasteiger partial charge < -0.3 is 19.9 Å². The van der Waals surface area contributed by atoms with Crippen LogP contribution >= 0.6 is 0 Å². The molecule has 4 aliphatic heterocycles. The predicted molar refractivity (Wildman–Crippen MR) is 108 cm³/mol. The second kappa shape index (κ2) is 7.94. The molecule has 2 amide bonds. The summed E-state index contributed by atoms with van der Waals surface area (Å²) in [4.78, 5) is 34.5. The van der Waals surface area contributed by atoms with E-state index in [1.165, 1.54) is 0 Å². The van der Waals surface area contributed by atoms with E-state index in [0.717, 1.165) is 51.0 Å². The zero-order valence-corrected chi connectivity index (χ0v) is 16.8. The third-order valence-corrected chi connectivity index (χ3v) is 7.18. The number of hydrogen-bond acceptors (Lipinski definition) is 5. The molecule has 5 heterocycles. The van der Waals surface area contributed by atoms with Gasteiger partial charge in [0, 0.05) is 44.9 Å². The van der Waals surface area contributed by atoms with Gasteiger partial charge in [0.05, 0.1) is 6.04 Å². The minimum absolute atomic E-state index is 0.0250. The summed E-state index contributed by atoms with van der Waals surface area (Å²) >= 11 is 0. The maximum atomic E-state index is 12.9. The molecule has 0 radical (unpaired) electrons. The second-order valence-electron chi connectivity index (χ2n) is 8.92. The van der Waals surface area contributed by atoms with Crippen molar-refractivity contribution >= 4 is 17.6 Å². The Bertz CT molecular complexity index is 752. The zero-order chi connectivity index (χ0) is 19.8. The number of anilines is 1. The van der Waals surface area contributed by atoms with Crippen molar-refractivity contribution in [2.45, 2.75) is 56.7 Å². The molecule has 7 heteroatoms. The molecule has 0 spiro atoms. The zero-order valence-electron chi connectivity index (χ0n) is 16.8. The normalized spacial score (nSPS) is 34.1. The SMILES string of the molecule is O=C(NC[C@H]1[C@H]2C[C@H](CN(c3ccccn3)C2)[C@@H]2CCCC(=O)N21)[C@@H]1CCCO1. The van der Waals surface area contributed by atoms with Crippen LogP contribution in [0.4, 0.5) is 5.82 Å². The molecule has 29 heavy (non-hydrogen) atoms. The molecule has 0 unspecified atom stereocenters. The molecule has 5 rings (SSSR count). The molecule has 1 aromatic rings. The van der Waals surface area contributed by atoms with Gasteiger partial charge in [-0.25, -0.2) is 4.98 Å². The summed E-state index contributed by atoms with van der Waals surface area (Å²) in [6.45, 7) is 3.02. The highest BCUT2D eigenvalue weighted by molar-refractivity contribution is 5.81. The molecular formula is C22H30N4O3. The number of aromatic nitrogens is 1. The predicted octanol–water partition coefficient (Wildman–Crippen LogP) is 1.58. The Morgan fingerprint density at radius 1 is 1.21 bits per heavy atom. The first kappa shape index (κ1) is 18.9. The Morgan fingerprint density at radius 3 is 2.90 bits per heavy atom. The van der Waals surface area contributed by atoms with Gasteiger partial charge in [-0.2, -0.15) is 0 Å². The van der Waals surface area contributed by atoms with E-state index >= 15 is 0 Å². The van der Waals surface area contributed by atoms with Crippen LogP contribution < -0.4 is 10.2 Å². The van der Waals surface area contributed by atoms with Crippen molar-refractivity contribution in [1.82, 2.24) is 15.2 Å². The van der Waals surface area contributed by atoms with E-state index in [2.05, 4.69) is 26.2 Å². The first-order valence-electron chi connectivity index (χ1n) is 11.1. The van der Waals surface area contributed by atoms with Crippen molar-refractivity contribution in [3.05, 3.63) is 24.4 Å². The van der Waals surface area contributed by atoms with Gasteiger partial charge in [-0.1, -0.05) is 6.07 Å². The van der Waals surface area contributed by atoms with Crippen LogP contribution in [0.15, 0.2) is 24.4 Å². The standard InChI is InChI=1S/C22H30N4O3/c27-21-8-3-5-17-15-11-16(14-25(13-15)20-7-1-2-9-23-20)18(26(17)21)12-24-22(28)19-6-4-10-29-19/h1-2,7,9,15-19H,3-6,8,10-14H2,(H,24,28)/t15-,16+,17+,18+,19+/m1/s1. The average molecular weight is 399 g/mol. The number of carbonyl (C=O) groups is 2. The van der Waals surface area contributed by atoms with Gasteiger partial charge in [0.2, 0.25) is 11.8 Å². The van der Waals surface area contributed by atoms with Crippen LogP contribution in [0, 0.1) is 11.8 Å². The summed E-state index contributed by atoms with van der Waals surface area (Å²) in [6, 6.07) is 6.38. The fourth-order valence-corrected chi connectivity index (χ4v) is 5.87. The number of fused-ring (bicyclic) bond motifs is 4. The summed E-state index contributed by atoms with van der Waals surface area (Å²) in [5.41, 5.74) is 0. The van der Waals surface area contributed by atoms with E-state index < -0.39 is 0 Å². The van der Waals surface area contributed by atoms with Gasteiger partial charge in [-0.3, -0.25) is 9.59 Å². The third-order valence-electron chi connectivity index (χ3n) is 7.18. The minimum Gasteiger partial charge on any atom is -0.368 e. The second-order valence-corrected chi connectivity index (χ2v) is 8.92. The monoisotopic (exact) mass is 398 g/mol. The van der Waals surface area contributed by atoms with Gasteiger partial charge in [0.15, 0.2) is 0 Å². The van der Waals surface area contributed by atoms with Crippen LogP contribution in [-0.2, 0) is 14.3 Å². The van der Waals surface area contributed by atoms with E-state index in [0.29, 0.717) is 31.4 Å². The molecule has 5 atom stereocenters. The van der Waals surface area contributed by atoms with Crippen LogP contribution in [0.3, 0.4) is 0 Å². The number of hydrogen-bond donors (Lipinski definition) is 1. The Hall–Kier alpha value is -2.15. The number of pyridine rings is 1. The molecule has 0 saturated carbocycles. The van der Waals surface area contributed by atoms with E-state index in [9.17, 15) is 9.59 Å². The summed E-state index contributed by atoms with van der Waals surface area (Å²) in [7, 11) is 0. The minimum atomic E-state index is -0.324. The highest BCUT2D eigenvalue weighted by Crippen LogP contribution is 2.42. The fourth-order valence-electron chi connectivity index (χ4n) is 5.87. The first-order chi connectivity index (χ1) is 14.2. The molecule has 0 aromatic carbocycles. The van der Waals surface area contributed by atoms with E-state index in [-0.39, 0.29) is 30.0 Å². The molecule has 0 aliphatic carbocycles.